The summed E-state index contributed by atoms with van der Waals surface area (Å²) in [6.07, 6.45) is 8.39. The van der Waals surface area contributed by atoms with E-state index in [1.54, 1.807) is 0 Å². The SMILES string of the molecule is CCCCN1CCC(NCc2cn(C)nc2CC)CC1. The van der Waals surface area contributed by atoms with Gasteiger partial charge in [0.1, 0.15) is 0 Å². The highest BCUT2D eigenvalue weighted by molar-refractivity contribution is 5.16. The molecule has 0 bridgehead atoms. The summed E-state index contributed by atoms with van der Waals surface area (Å²) in [6.45, 7) is 9.21. The fourth-order valence-electron chi connectivity index (χ4n) is 3.03. The summed E-state index contributed by atoms with van der Waals surface area (Å²) in [4.78, 5) is 2.61. The molecule has 1 fully saturated rings. The van der Waals surface area contributed by atoms with Crippen molar-refractivity contribution in [2.75, 3.05) is 19.6 Å². The third-order valence-corrected chi connectivity index (χ3v) is 4.32. The number of hydrogen-bond donors (Lipinski definition) is 1. The highest BCUT2D eigenvalue weighted by atomic mass is 15.3. The number of rotatable bonds is 7. The predicted molar refractivity (Wildman–Crippen MR) is 83.8 cm³/mol. The second kappa shape index (κ2) is 7.79. The van der Waals surface area contributed by atoms with Crippen LogP contribution >= 0.6 is 0 Å². The lowest BCUT2D eigenvalue weighted by Crippen LogP contribution is -2.42. The van der Waals surface area contributed by atoms with Gasteiger partial charge in [-0.25, -0.2) is 0 Å². The van der Waals surface area contributed by atoms with Crippen molar-refractivity contribution in [3.05, 3.63) is 17.5 Å². The summed E-state index contributed by atoms with van der Waals surface area (Å²) in [5.74, 6) is 0. The molecule has 0 spiro atoms. The number of aromatic nitrogens is 2. The van der Waals surface area contributed by atoms with E-state index in [0.717, 1.165) is 13.0 Å². The van der Waals surface area contributed by atoms with E-state index in [-0.39, 0.29) is 0 Å². The molecule has 0 saturated carbocycles. The Morgan fingerprint density at radius 2 is 2.05 bits per heavy atom. The summed E-state index contributed by atoms with van der Waals surface area (Å²) in [5.41, 5.74) is 2.60. The molecule has 0 amide bonds. The molecular weight excluding hydrogens is 248 g/mol. The van der Waals surface area contributed by atoms with Gasteiger partial charge in [0.25, 0.3) is 0 Å². The molecule has 1 aliphatic rings. The second-order valence-corrected chi connectivity index (χ2v) is 5.98. The second-order valence-electron chi connectivity index (χ2n) is 5.98. The maximum atomic E-state index is 4.51. The third-order valence-electron chi connectivity index (χ3n) is 4.32. The van der Waals surface area contributed by atoms with Crippen LogP contribution in [0.3, 0.4) is 0 Å². The van der Waals surface area contributed by atoms with Gasteiger partial charge in [-0.1, -0.05) is 20.3 Å². The van der Waals surface area contributed by atoms with E-state index >= 15 is 0 Å². The Kier molecular flexibility index (Phi) is 6.05. The first-order chi connectivity index (χ1) is 9.72. The Labute approximate surface area is 123 Å². The minimum Gasteiger partial charge on any atom is -0.310 e. The molecule has 2 heterocycles. The molecule has 4 heteroatoms. The van der Waals surface area contributed by atoms with Gasteiger partial charge in [-0.05, 0) is 45.3 Å². The maximum Gasteiger partial charge on any atom is 0.0666 e. The van der Waals surface area contributed by atoms with E-state index in [1.807, 2.05) is 11.7 Å². The fraction of sp³-hybridized carbons (Fsp3) is 0.812. The molecule has 1 aliphatic heterocycles. The van der Waals surface area contributed by atoms with Crippen LogP contribution in [0.1, 0.15) is 50.8 Å². The Morgan fingerprint density at radius 1 is 1.30 bits per heavy atom. The average Bonchev–Trinajstić information content (AvgIpc) is 2.84. The molecule has 0 radical (unpaired) electrons. The number of aryl methyl sites for hydroxylation is 2. The van der Waals surface area contributed by atoms with Crippen molar-refractivity contribution in [3.63, 3.8) is 0 Å². The van der Waals surface area contributed by atoms with Gasteiger partial charge in [-0.2, -0.15) is 5.10 Å². The first-order valence-electron chi connectivity index (χ1n) is 8.20. The van der Waals surface area contributed by atoms with Gasteiger partial charge >= 0.3 is 0 Å². The van der Waals surface area contributed by atoms with Gasteiger partial charge < -0.3 is 10.2 Å². The van der Waals surface area contributed by atoms with Crippen LogP contribution in [-0.2, 0) is 20.0 Å². The quantitative estimate of drug-likeness (QED) is 0.831. The van der Waals surface area contributed by atoms with Crippen LogP contribution in [0.25, 0.3) is 0 Å². The van der Waals surface area contributed by atoms with Crippen molar-refractivity contribution in [2.45, 2.75) is 58.5 Å². The zero-order valence-corrected chi connectivity index (χ0v) is 13.4. The number of nitrogens with zero attached hydrogens (tertiary/aromatic N) is 3. The number of likely N-dealkylation sites (tertiary alicyclic amines) is 1. The van der Waals surface area contributed by atoms with Gasteiger partial charge in [0.15, 0.2) is 0 Å². The lowest BCUT2D eigenvalue weighted by molar-refractivity contribution is 0.195. The first-order valence-corrected chi connectivity index (χ1v) is 8.20. The summed E-state index contributed by atoms with van der Waals surface area (Å²) in [6, 6.07) is 0.679. The molecule has 0 aromatic carbocycles. The van der Waals surface area contributed by atoms with Crippen LogP contribution in [0.5, 0.6) is 0 Å². The smallest absolute Gasteiger partial charge is 0.0666 e. The van der Waals surface area contributed by atoms with E-state index in [1.165, 1.54) is 56.6 Å². The summed E-state index contributed by atoms with van der Waals surface area (Å²) < 4.78 is 1.93. The van der Waals surface area contributed by atoms with Crippen LogP contribution in [-0.4, -0.2) is 40.4 Å². The number of piperidine rings is 1. The molecule has 1 aromatic heterocycles. The molecule has 1 aromatic rings. The highest BCUT2D eigenvalue weighted by Gasteiger charge is 2.18. The van der Waals surface area contributed by atoms with Crippen molar-refractivity contribution < 1.29 is 0 Å². The summed E-state index contributed by atoms with van der Waals surface area (Å²) in [5, 5.41) is 8.23. The number of hydrogen-bond acceptors (Lipinski definition) is 3. The first kappa shape index (κ1) is 15.5. The van der Waals surface area contributed by atoms with E-state index < -0.39 is 0 Å². The van der Waals surface area contributed by atoms with Crippen molar-refractivity contribution >= 4 is 0 Å². The van der Waals surface area contributed by atoms with E-state index in [4.69, 9.17) is 0 Å². The molecular formula is C16H30N4. The average molecular weight is 278 g/mol. The maximum absolute atomic E-state index is 4.51. The van der Waals surface area contributed by atoms with Crippen molar-refractivity contribution in [2.24, 2.45) is 7.05 Å². The van der Waals surface area contributed by atoms with Gasteiger partial charge in [0, 0.05) is 31.4 Å². The molecule has 1 saturated heterocycles. The molecule has 0 atom stereocenters. The van der Waals surface area contributed by atoms with Gasteiger partial charge in [-0.3, -0.25) is 4.68 Å². The van der Waals surface area contributed by atoms with Crippen LogP contribution < -0.4 is 5.32 Å². The van der Waals surface area contributed by atoms with Crippen LogP contribution in [0.2, 0.25) is 0 Å². The highest BCUT2D eigenvalue weighted by Crippen LogP contribution is 2.13. The number of unbranched alkanes of at least 4 members (excludes halogenated alkanes) is 1. The monoisotopic (exact) mass is 278 g/mol. The lowest BCUT2D eigenvalue weighted by atomic mass is 10.0. The molecule has 20 heavy (non-hydrogen) atoms. The standard InChI is InChI=1S/C16H30N4/c1-4-6-9-20-10-7-15(8-11-20)17-12-14-13-19(3)18-16(14)5-2/h13,15,17H,4-12H2,1-3H3. The molecule has 4 nitrogen and oxygen atoms in total. The largest absolute Gasteiger partial charge is 0.310 e. The Balaban J connectivity index is 1.73. The van der Waals surface area contributed by atoms with Crippen molar-refractivity contribution in [1.29, 1.82) is 0 Å². The van der Waals surface area contributed by atoms with Gasteiger partial charge in [0.05, 0.1) is 5.69 Å². The lowest BCUT2D eigenvalue weighted by Gasteiger charge is -2.32. The van der Waals surface area contributed by atoms with Crippen molar-refractivity contribution in [1.82, 2.24) is 20.0 Å². The Morgan fingerprint density at radius 3 is 2.70 bits per heavy atom. The third kappa shape index (κ3) is 4.32. The van der Waals surface area contributed by atoms with Crippen LogP contribution in [0.15, 0.2) is 6.20 Å². The summed E-state index contributed by atoms with van der Waals surface area (Å²) in [7, 11) is 2.01. The van der Waals surface area contributed by atoms with Crippen molar-refractivity contribution in [3.8, 4) is 0 Å². The van der Waals surface area contributed by atoms with E-state index in [9.17, 15) is 0 Å². The minimum atomic E-state index is 0.679. The van der Waals surface area contributed by atoms with Crippen LogP contribution in [0, 0.1) is 0 Å². The molecule has 114 valence electrons. The van der Waals surface area contributed by atoms with E-state index in [0.29, 0.717) is 6.04 Å². The minimum absolute atomic E-state index is 0.679. The summed E-state index contributed by atoms with van der Waals surface area (Å²) >= 11 is 0. The van der Waals surface area contributed by atoms with Gasteiger partial charge in [-0.15, -0.1) is 0 Å². The number of nitrogens with one attached hydrogen (secondary N) is 1. The molecule has 2 rings (SSSR count). The van der Waals surface area contributed by atoms with E-state index in [2.05, 4.69) is 35.4 Å². The topological polar surface area (TPSA) is 33.1 Å². The Hall–Kier alpha value is -0.870. The van der Waals surface area contributed by atoms with Gasteiger partial charge in [0.2, 0.25) is 0 Å². The molecule has 1 N–H and O–H groups in total. The predicted octanol–water partition coefficient (Wildman–Crippen LogP) is 2.34. The van der Waals surface area contributed by atoms with Crippen LogP contribution in [0.4, 0.5) is 0 Å². The normalized spacial score (nSPS) is 17.8. The zero-order chi connectivity index (χ0) is 14.4. The fourth-order valence-corrected chi connectivity index (χ4v) is 3.03. The molecule has 0 unspecified atom stereocenters. The zero-order valence-electron chi connectivity index (χ0n) is 13.4. The molecule has 0 aliphatic carbocycles. The Bertz CT molecular complexity index is 391.